The van der Waals surface area contributed by atoms with Crippen LogP contribution in [0.3, 0.4) is 0 Å². The van der Waals surface area contributed by atoms with Gasteiger partial charge in [0.05, 0.1) is 27.4 Å². The van der Waals surface area contributed by atoms with Crippen LogP contribution >= 0.6 is 15.9 Å². The fourth-order valence-electron chi connectivity index (χ4n) is 2.77. The normalized spacial score (nSPS) is 11.2. The van der Waals surface area contributed by atoms with Gasteiger partial charge >= 0.3 is 0 Å². The van der Waals surface area contributed by atoms with E-state index in [0.717, 1.165) is 5.69 Å². The first-order valence-corrected chi connectivity index (χ1v) is 11.3. The van der Waals surface area contributed by atoms with E-state index in [2.05, 4.69) is 31.1 Å². The highest BCUT2D eigenvalue weighted by atomic mass is 79.9. The van der Waals surface area contributed by atoms with Crippen molar-refractivity contribution in [1.29, 1.82) is 0 Å². The van der Waals surface area contributed by atoms with E-state index >= 15 is 0 Å². The third kappa shape index (κ3) is 5.00. The lowest BCUT2D eigenvalue weighted by Crippen LogP contribution is -2.17. The summed E-state index contributed by atoms with van der Waals surface area (Å²) in [5.74, 6) is 0.700. The van der Waals surface area contributed by atoms with Gasteiger partial charge in [0.2, 0.25) is 0 Å². The number of aromatic nitrogens is 2. The summed E-state index contributed by atoms with van der Waals surface area (Å²) in [5.41, 5.74) is 1.34. The van der Waals surface area contributed by atoms with Gasteiger partial charge in [0.15, 0.2) is 0 Å². The van der Waals surface area contributed by atoms with E-state index in [9.17, 15) is 13.2 Å². The number of benzene rings is 2. The zero-order chi connectivity index (χ0) is 21.9. The maximum Gasteiger partial charge on any atom is 0.261 e. The third-order valence-electron chi connectivity index (χ3n) is 4.13. The summed E-state index contributed by atoms with van der Waals surface area (Å²) in [5, 5.41) is 6.90. The standard InChI is InChI=1S/C20H21BrN4O4S/c1-4-29-18-9-8-15(12-17(18)21)24-30(27,28)16-7-5-6-14(11-16)20(26)22-19-10-13(2)23-25(19)3/h5-12,24H,4H2,1-3H3,(H,22,26). The van der Waals surface area contributed by atoms with E-state index in [4.69, 9.17) is 4.74 Å². The maximum atomic E-state index is 12.8. The van der Waals surface area contributed by atoms with Crippen molar-refractivity contribution >= 4 is 43.4 Å². The Morgan fingerprint density at radius 2 is 1.97 bits per heavy atom. The summed E-state index contributed by atoms with van der Waals surface area (Å²) in [7, 11) is -2.19. The van der Waals surface area contributed by atoms with Crippen LogP contribution in [0.5, 0.6) is 5.75 Å². The molecule has 2 N–H and O–H groups in total. The average molecular weight is 493 g/mol. The summed E-state index contributed by atoms with van der Waals surface area (Å²) in [4.78, 5) is 12.5. The van der Waals surface area contributed by atoms with Crippen molar-refractivity contribution in [2.24, 2.45) is 7.05 Å². The van der Waals surface area contributed by atoms with Gasteiger partial charge in [0.25, 0.3) is 15.9 Å². The van der Waals surface area contributed by atoms with Crippen molar-refractivity contribution in [2.45, 2.75) is 18.7 Å². The van der Waals surface area contributed by atoms with E-state index in [1.807, 2.05) is 13.8 Å². The molecule has 0 fully saturated rings. The zero-order valence-electron chi connectivity index (χ0n) is 16.6. The van der Waals surface area contributed by atoms with Crippen molar-refractivity contribution < 1.29 is 17.9 Å². The predicted octanol–water partition coefficient (Wildman–Crippen LogP) is 3.94. The summed E-state index contributed by atoms with van der Waals surface area (Å²) < 4.78 is 35.7. The zero-order valence-corrected chi connectivity index (χ0v) is 19.0. The summed E-state index contributed by atoms with van der Waals surface area (Å²) in [6.45, 7) is 4.17. The van der Waals surface area contributed by atoms with Gasteiger partial charge in [-0.1, -0.05) is 6.07 Å². The number of nitrogens with zero attached hydrogens (tertiary/aromatic N) is 2. The molecule has 0 radical (unpaired) electrons. The fourth-order valence-corrected chi connectivity index (χ4v) is 4.36. The smallest absolute Gasteiger partial charge is 0.261 e. The van der Waals surface area contributed by atoms with E-state index in [1.54, 1.807) is 42.1 Å². The molecule has 0 bridgehead atoms. The quantitative estimate of drug-likeness (QED) is 0.519. The first-order valence-electron chi connectivity index (χ1n) is 9.07. The number of nitrogens with one attached hydrogen (secondary N) is 2. The number of aryl methyl sites for hydroxylation is 2. The van der Waals surface area contributed by atoms with E-state index in [1.165, 1.54) is 18.2 Å². The van der Waals surface area contributed by atoms with Gasteiger partial charge in [-0.15, -0.1) is 0 Å². The Morgan fingerprint density at radius 1 is 1.20 bits per heavy atom. The Morgan fingerprint density at radius 3 is 2.60 bits per heavy atom. The number of ether oxygens (including phenoxy) is 1. The lowest BCUT2D eigenvalue weighted by atomic mass is 10.2. The molecule has 0 saturated heterocycles. The Bertz CT molecular complexity index is 1190. The molecular weight excluding hydrogens is 472 g/mol. The molecule has 1 heterocycles. The second kappa shape index (κ2) is 8.88. The highest BCUT2D eigenvalue weighted by molar-refractivity contribution is 9.10. The fraction of sp³-hybridized carbons (Fsp3) is 0.200. The van der Waals surface area contributed by atoms with Crippen molar-refractivity contribution in [2.75, 3.05) is 16.6 Å². The van der Waals surface area contributed by atoms with Crippen molar-refractivity contribution in [1.82, 2.24) is 9.78 Å². The van der Waals surface area contributed by atoms with Crippen LogP contribution in [0.2, 0.25) is 0 Å². The summed E-state index contributed by atoms with van der Waals surface area (Å²) >= 11 is 3.36. The van der Waals surface area contributed by atoms with Gasteiger partial charge < -0.3 is 10.1 Å². The highest BCUT2D eigenvalue weighted by Crippen LogP contribution is 2.29. The molecule has 8 nitrogen and oxygen atoms in total. The average Bonchev–Trinajstić information content (AvgIpc) is 3.00. The molecule has 158 valence electrons. The maximum absolute atomic E-state index is 12.8. The number of hydrogen-bond donors (Lipinski definition) is 2. The number of halogens is 1. The molecule has 1 aromatic heterocycles. The van der Waals surface area contributed by atoms with Gasteiger partial charge in [-0.2, -0.15) is 5.10 Å². The summed E-state index contributed by atoms with van der Waals surface area (Å²) in [6.07, 6.45) is 0. The van der Waals surface area contributed by atoms with Crippen molar-refractivity contribution in [3.63, 3.8) is 0 Å². The van der Waals surface area contributed by atoms with Crippen LogP contribution in [0, 0.1) is 6.92 Å². The molecule has 0 spiro atoms. The topological polar surface area (TPSA) is 102 Å². The van der Waals surface area contributed by atoms with Crippen LogP contribution in [0.15, 0.2) is 57.9 Å². The van der Waals surface area contributed by atoms with Gasteiger partial charge in [0, 0.05) is 18.7 Å². The number of amides is 1. The summed E-state index contributed by atoms with van der Waals surface area (Å²) in [6, 6.07) is 12.4. The van der Waals surface area contributed by atoms with Crippen molar-refractivity contribution in [3.8, 4) is 5.75 Å². The van der Waals surface area contributed by atoms with Gasteiger partial charge in [-0.25, -0.2) is 8.42 Å². The Kier molecular flexibility index (Phi) is 6.47. The molecular formula is C20H21BrN4O4S. The van der Waals surface area contributed by atoms with Crippen LogP contribution in [0.4, 0.5) is 11.5 Å². The lowest BCUT2D eigenvalue weighted by molar-refractivity contribution is 0.102. The van der Waals surface area contributed by atoms with Gasteiger partial charge in [0.1, 0.15) is 11.6 Å². The van der Waals surface area contributed by atoms with E-state index in [0.29, 0.717) is 28.3 Å². The van der Waals surface area contributed by atoms with Crippen LogP contribution in [0.25, 0.3) is 0 Å². The predicted molar refractivity (Wildman–Crippen MR) is 118 cm³/mol. The molecule has 2 aromatic carbocycles. The minimum absolute atomic E-state index is 0.0265. The largest absolute Gasteiger partial charge is 0.493 e. The lowest BCUT2D eigenvalue weighted by Gasteiger charge is -2.12. The second-order valence-corrected chi connectivity index (χ2v) is 9.00. The Hall–Kier alpha value is -2.85. The van der Waals surface area contributed by atoms with E-state index < -0.39 is 15.9 Å². The molecule has 1 amide bonds. The molecule has 3 aromatic rings. The monoisotopic (exact) mass is 492 g/mol. The molecule has 0 aliphatic carbocycles. The van der Waals surface area contributed by atoms with Crippen LogP contribution < -0.4 is 14.8 Å². The molecule has 30 heavy (non-hydrogen) atoms. The number of sulfonamides is 1. The molecule has 10 heteroatoms. The molecule has 0 aliphatic heterocycles. The molecule has 0 atom stereocenters. The Balaban J connectivity index is 1.81. The minimum atomic E-state index is -3.90. The van der Waals surface area contributed by atoms with Crippen molar-refractivity contribution in [3.05, 3.63) is 64.3 Å². The number of rotatable bonds is 7. The molecule has 0 saturated carbocycles. The first-order chi connectivity index (χ1) is 14.2. The highest BCUT2D eigenvalue weighted by Gasteiger charge is 2.18. The third-order valence-corrected chi connectivity index (χ3v) is 6.13. The SMILES string of the molecule is CCOc1ccc(NS(=O)(=O)c2cccc(C(=O)Nc3cc(C)nn3C)c2)cc1Br. The minimum Gasteiger partial charge on any atom is -0.493 e. The number of hydrogen-bond acceptors (Lipinski definition) is 5. The van der Waals surface area contributed by atoms with E-state index in [-0.39, 0.29) is 10.5 Å². The van der Waals surface area contributed by atoms with Crippen LogP contribution in [-0.4, -0.2) is 30.7 Å². The second-order valence-electron chi connectivity index (χ2n) is 6.46. The van der Waals surface area contributed by atoms with Crippen LogP contribution in [0.1, 0.15) is 23.0 Å². The Labute approximate surface area is 183 Å². The number of carbonyl (C=O) groups is 1. The molecule has 0 unspecified atom stereocenters. The number of anilines is 2. The molecule has 0 aliphatic rings. The van der Waals surface area contributed by atoms with Crippen LogP contribution in [-0.2, 0) is 17.1 Å². The number of carbonyl (C=O) groups excluding carboxylic acids is 1. The van der Waals surface area contributed by atoms with Gasteiger partial charge in [-0.3, -0.25) is 14.2 Å². The van der Waals surface area contributed by atoms with Gasteiger partial charge in [-0.05, 0) is 66.2 Å². The first kappa shape index (κ1) is 21.8. The molecule has 3 rings (SSSR count).